The van der Waals surface area contributed by atoms with E-state index in [1.165, 1.54) is 6.07 Å². The minimum Gasteiger partial charge on any atom is -0.431 e. The van der Waals surface area contributed by atoms with Gasteiger partial charge >= 0.3 is 5.63 Å². The predicted molar refractivity (Wildman–Crippen MR) is 137 cm³/mol. The molecule has 4 aliphatic carbocycles. The third-order valence-electron chi connectivity index (χ3n) is 12.1. The van der Waals surface area contributed by atoms with Crippen molar-refractivity contribution in [3.05, 3.63) is 34.4 Å². The fourth-order valence-electron chi connectivity index (χ4n) is 9.93. The first-order valence-corrected chi connectivity index (χ1v) is 14.2. The molecule has 5 fully saturated rings. The maximum atomic E-state index is 12.5. The van der Waals surface area contributed by atoms with Gasteiger partial charge in [-0.2, -0.15) is 0 Å². The third kappa shape index (κ3) is 3.39. The summed E-state index contributed by atoms with van der Waals surface area (Å²) >= 11 is 0. The average molecular weight is 501 g/mol. The molecule has 0 aromatic carbocycles. The van der Waals surface area contributed by atoms with Gasteiger partial charge in [-0.25, -0.2) is 4.79 Å². The van der Waals surface area contributed by atoms with Crippen LogP contribution in [0.1, 0.15) is 83.1 Å². The molecule has 36 heavy (non-hydrogen) atoms. The topological polar surface area (TPSA) is 109 Å². The van der Waals surface area contributed by atoms with Crippen LogP contribution in [0, 0.1) is 22.7 Å². The number of aliphatic hydroxyl groups is 2. The summed E-state index contributed by atoms with van der Waals surface area (Å²) in [6, 6.07) is 3.98. The van der Waals surface area contributed by atoms with E-state index in [1.54, 1.807) is 6.26 Å². The summed E-state index contributed by atoms with van der Waals surface area (Å²) in [5.74, 6) is 0.698. The molecular formula is C29H44N2O5. The first kappa shape index (κ1) is 25.1. The highest BCUT2D eigenvalue weighted by molar-refractivity contribution is 5.28. The first-order chi connectivity index (χ1) is 17.2. The number of fused-ring (bicyclic) bond motifs is 5. The lowest BCUT2D eigenvalue weighted by Crippen LogP contribution is -2.68. The van der Waals surface area contributed by atoms with Crippen LogP contribution in [0.3, 0.4) is 0 Å². The van der Waals surface area contributed by atoms with Crippen LogP contribution < -0.4 is 11.4 Å². The van der Waals surface area contributed by atoms with Gasteiger partial charge in [0.2, 0.25) is 0 Å². The molecule has 0 amide bonds. The lowest BCUT2D eigenvalue weighted by molar-refractivity contribution is -0.252. The van der Waals surface area contributed by atoms with Gasteiger partial charge in [0.25, 0.3) is 0 Å². The van der Waals surface area contributed by atoms with Crippen LogP contribution in [-0.2, 0) is 4.74 Å². The van der Waals surface area contributed by atoms with Gasteiger partial charge in [-0.15, -0.1) is 0 Å². The molecule has 0 spiro atoms. The number of hydrogen-bond donors (Lipinski definition) is 3. The van der Waals surface area contributed by atoms with Crippen molar-refractivity contribution >= 4 is 0 Å². The molecule has 1 unspecified atom stereocenters. The Morgan fingerprint density at radius 1 is 1.03 bits per heavy atom. The number of rotatable bonds is 3. The van der Waals surface area contributed by atoms with Gasteiger partial charge < -0.3 is 25.1 Å². The van der Waals surface area contributed by atoms with E-state index < -0.39 is 11.2 Å². The zero-order valence-electron chi connectivity index (χ0n) is 22.0. The molecule has 200 valence electrons. The molecule has 0 radical (unpaired) electrons. The number of ether oxygens (including phenoxy) is 1. The van der Waals surface area contributed by atoms with E-state index in [0.29, 0.717) is 25.1 Å². The molecule has 0 bridgehead atoms. The number of nitrogens with two attached hydrogens (primary N) is 1. The second-order valence-corrected chi connectivity index (χ2v) is 13.2. The molecule has 6 rings (SSSR count). The van der Waals surface area contributed by atoms with Crippen molar-refractivity contribution in [2.75, 3.05) is 26.3 Å². The average Bonchev–Trinajstić information content (AvgIpc) is 3.16. The van der Waals surface area contributed by atoms with E-state index in [-0.39, 0.29) is 34.3 Å². The number of nitrogens with zero attached hydrogens (tertiary/aromatic N) is 1. The zero-order valence-corrected chi connectivity index (χ0v) is 22.0. The van der Waals surface area contributed by atoms with Crippen LogP contribution >= 0.6 is 0 Å². The fraction of sp³-hybridized carbons (Fsp3) is 0.828. The normalized spacial score (nSPS) is 49.2. The van der Waals surface area contributed by atoms with Gasteiger partial charge in [-0.3, -0.25) is 4.90 Å². The van der Waals surface area contributed by atoms with Crippen LogP contribution in [0.25, 0.3) is 0 Å². The van der Waals surface area contributed by atoms with Crippen LogP contribution in [0.15, 0.2) is 27.6 Å². The standard InChI is InChI=1S/C29H44N2O5/c1-26-9-5-20(31-13-14-35-18-21(31)16-30)15-28(26,33)11-7-24-23(26)6-10-27(2)22(8-12-29(24,27)34)19-3-4-25(32)36-17-19/h3-4,17,20-24,33-34H,5-16,18,30H2,1-2H3/t20-,21?,22+,23-,24+,26+,27+,28-,29-/m0/s1. The predicted octanol–water partition coefficient (Wildman–Crippen LogP) is 3.02. The molecule has 1 aliphatic heterocycles. The highest BCUT2D eigenvalue weighted by atomic mass is 16.5. The molecule has 7 nitrogen and oxygen atoms in total. The Morgan fingerprint density at radius 2 is 1.81 bits per heavy atom. The van der Waals surface area contributed by atoms with Crippen molar-refractivity contribution in [2.24, 2.45) is 28.4 Å². The minimum atomic E-state index is -0.757. The molecule has 1 saturated heterocycles. The highest BCUT2D eigenvalue weighted by Gasteiger charge is 2.70. The highest BCUT2D eigenvalue weighted by Crippen LogP contribution is 2.71. The monoisotopic (exact) mass is 500 g/mol. The van der Waals surface area contributed by atoms with Crippen molar-refractivity contribution in [3.63, 3.8) is 0 Å². The smallest absolute Gasteiger partial charge is 0.335 e. The zero-order chi connectivity index (χ0) is 25.3. The van der Waals surface area contributed by atoms with E-state index >= 15 is 0 Å². The van der Waals surface area contributed by atoms with Gasteiger partial charge in [0, 0.05) is 36.7 Å². The Balaban J connectivity index is 1.26. The van der Waals surface area contributed by atoms with Crippen molar-refractivity contribution in [2.45, 2.75) is 101 Å². The number of morpholine rings is 1. The third-order valence-corrected chi connectivity index (χ3v) is 12.1. The van der Waals surface area contributed by atoms with E-state index in [0.717, 1.165) is 76.5 Å². The van der Waals surface area contributed by atoms with Crippen molar-refractivity contribution in [3.8, 4) is 0 Å². The second kappa shape index (κ2) is 8.63. The molecule has 1 aromatic heterocycles. The Bertz CT molecular complexity index is 1030. The van der Waals surface area contributed by atoms with Gasteiger partial charge in [0.1, 0.15) is 0 Å². The number of hydrogen-bond acceptors (Lipinski definition) is 7. The molecule has 2 heterocycles. The molecule has 7 heteroatoms. The summed E-state index contributed by atoms with van der Waals surface area (Å²) < 4.78 is 10.9. The Kier molecular flexibility index (Phi) is 6.01. The van der Waals surface area contributed by atoms with Gasteiger partial charge in [-0.1, -0.05) is 13.8 Å². The summed E-state index contributed by atoms with van der Waals surface area (Å²) in [6.45, 7) is 7.50. The molecule has 4 saturated carbocycles. The summed E-state index contributed by atoms with van der Waals surface area (Å²) in [4.78, 5) is 14.1. The van der Waals surface area contributed by atoms with E-state index in [4.69, 9.17) is 14.9 Å². The Labute approximate surface area is 214 Å². The first-order valence-electron chi connectivity index (χ1n) is 14.2. The van der Waals surface area contributed by atoms with Crippen molar-refractivity contribution in [1.29, 1.82) is 0 Å². The lowest BCUT2D eigenvalue weighted by atomic mass is 9.41. The van der Waals surface area contributed by atoms with Crippen molar-refractivity contribution in [1.82, 2.24) is 4.90 Å². The maximum absolute atomic E-state index is 12.5. The van der Waals surface area contributed by atoms with E-state index in [9.17, 15) is 15.0 Å². The fourth-order valence-corrected chi connectivity index (χ4v) is 9.93. The molecule has 1 aromatic rings. The molecule has 5 aliphatic rings. The lowest BCUT2D eigenvalue weighted by Gasteiger charge is -2.66. The minimum absolute atomic E-state index is 0.187. The Hall–Kier alpha value is -1.25. The Morgan fingerprint density at radius 3 is 2.56 bits per heavy atom. The van der Waals surface area contributed by atoms with Crippen LogP contribution in [0.5, 0.6) is 0 Å². The SMILES string of the molecule is C[C@]12CC[C@H](N3CCOCC3CN)C[C@@]1(O)CC[C@@H]1[C@@H]2CC[C@]2(C)[C@@H](c3ccc(=O)oc3)CC[C@]12O. The summed E-state index contributed by atoms with van der Waals surface area (Å²) in [7, 11) is 0. The van der Waals surface area contributed by atoms with Gasteiger partial charge in [0.15, 0.2) is 0 Å². The van der Waals surface area contributed by atoms with Gasteiger partial charge in [0.05, 0.1) is 30.7 Å². The molecular weight excluding hydrogens is 456 g/mol. The molecule has 4 N–H and O–H groups in total. The summed E-state index contributed by atoms with van der Waals surface area (Å²) in [5.41, 5.74) is 4.88. The largest absolute Gasteiger partial charge is 0.431 e. The molecule has 9 atom stereocenters. The summed E-state index contributed by atoms with van der Waals surface area (Å²) in [6.07, 6.45) is 9.73. The maximum Gasteiger partial charge on any atom is 0.335 e. The van der Waals surface area contributed by atoms with Crippen LogP contribution in [0.2, 0.25) is 0 Å². The van der Waals surface area contributed by atoms with Crippen molar-refractivity contribution < 1.29 is 19.4 Å². The summed E-state index contributed by atoms with van der Waals surface area (Å²) in [5, 5.41) is 24.7. The van der Waals surface area contributed by atoms with E-state index in [1.807, 2.05) is 6.07 Å². The van der Waals surface area contributed by atoms with Crippen LogP contribution in [-0.4, -0.2) is 64.7 Å². The van der Waals surface area contributed by atoms with Gasteiger partial charge in [-0.05, 0) is 92.6 Å². The van der Waals surface area contributed by atoms with E-state index in [2.05, 4.69) is 18.7 Å². The second-order valence-electron chi connectivity index (χ2n) is 13.2. The van der Waals surface area contributed by atoms with Crippen LogP contribution in [0.4, 0.5) is 0 Å². The quantitative estimate of drug-likeness (QED) is 0.585.